The van der Waals surface area contributed by atoms with Gasteiger partial charge < -0.3 is 15.0 Å². The lowest BCUT2D eigenvalue weighted by molar-refractivity contribution is -0.139. The minimum atomic E-state index is -0.117. The highest BCUT2D eigenvalue weighted by Gasteiger charge is 2.28. The second-order valence-corrected chi connectivity index (χ2v) is 7.79. The molecule has 1 aliphatic carbocycles. The predicted molar refractivity (Wildman–Crippen MR) is 93.8 cm³/mol. The quantitative estimate of drug-likeness (QED) is 0.888. The van der Waals surface area contributed by atoms with E-state index in [0.717, 1.165) is 30.6 Å². The van der Waals surface area contributed by atoms with Gasteiger partial charge >= 0.3 is 0 Å². The van der Waals surface area contributed by atoms with Crippen molar-refractivity contribution in [1.82, 2.24) is 10.2 Å². The summed E-state index contributed by atoms with van der Waals surface area (Å²) in [5, 5.41) is 5.04. The predicted octanol–water partition coefficient (Wildman–Crippen LogP) is 2.73. The summed E-state index contributed by atoms with van der Waals surface area (Å²) in [6.45, 7) is 3.71. The van der Waals surface area contributed by atoms with Crippen molar-refractivity contribution in [1.29, 1.82) is 0 Å². The highest BCUT2D eigenvalue weighted by Crippen LogP contribution is 2.27. The Kier molecular flexibility index (Phi) is 5.89. The largest absolute Gasteiger partial charge is 0.369 e. The van der Waals surface area contributed by atoms with Gasteiger partial charge in [-0.25, -0.2) is 0 Å². The SMILES string of the molecule is CC(CC(=O)N1CCOC(c2cccs2)C1)NC(=O)C1CCCC1. The fourth-order valence-electron chi connectivity index (χ4n) is 3.51. The number of hydrogen-bond acceptors (Lipinski definition) is 4. The number of nitrogens with zero attached hydrogens (tertiary/aromatic N) is 1. The summed E-state index contributed by atoms with van der Waals surface area (Å²) in [5.74, 6) is 0.361. The van der Waals surface area contributed by atoms with E-state index in [0.29, 0.717) is 26.1 Å². The first-order valence-corrected chi connectivity index (χ1v) is 9.74. The average Bonchev–Trinajstić information content (AvgIpc) is 3.28. The molecule has 3 rings (SSSR count). The monoisotopic (exact) mass is 350 g/mol. The van der Waals surface area contributed by atoms with Crippen molar-refractivity contribution in [3.05, 3.63) is 22.4 Å². The molecule has 24 heavy (non-hydrogen) atoms. The van der Waals surface area contributed by atoms with E-state index in [1.807, 2.05) is 29.3 Å². The Hall–Kier alpha value is -1.40. The Morgan fingerprint density at radius 1 is 1.42 bits per heavy atom. The Labute approximate surface area is 147 Å². The molecule has 2 atom stereocenters. The number of amides is 2. The van der Waals surface area contributed by atoms with Crippen molar-refractivity contribution < 1.29 is 14.3 Å². The minimum absolute atomic E-state index is 0.0221. The normalized spacial score (nSPS) is 23.2. The van der Waals surface area contributed by atoms with Gasteiger partial charge in [-0.2, -0.15) is 0 Å². The Bertz CT molecular complexity index is 555. The van der Waals surface area contributed by atoms with Crippen LogP contribution < -0.4 is 5.32 Å². The van der Waals surface area contributed by atoms with Crippen molar-refractivity contribution in [2.24, 2.45) is 5.92 Å². The van der Waals surface area contributed by atoms with Crippen LogP contribution in [0.25, 0.3) is 0 Å². The fourth-order valence-corrected chi connectivity index (χ4v) is 4.28. The molecule has 6 heteroatoms. The lowest BCUT2D eigenvalue weighted by atomic mass is 10.1. The average molecular weight is 350 g/mol. The van der Waals surface area contributed by atoms with E-state index in [2.05, 4.69) is 5.32 Å². The van der Waals surface area contributed by atoms with Crippen LogP contribution in [0.2, 0.25) is 0 Å². The van der Waals surface area contributed by atoms with E-state index >= 15 is 0 Å². The second kappa shape index (κ2) is 8.12. The van der Waals surface area contributed by atoms with Gasteiger partial charge in [-0.15, -0.1) is 11.3 Å². The number of ether oxygens (including phenoxy) is 1. The van der Waals surface area contributed by atoms with Crippen LogP contribution in [0.15, 0.2) is 17.5 Å². The molecule has 1 saturated heterocycles. The molecule has 2 aliphatic rings. The zero-order chi connectivity index (χ0) is 16.9. The molecule has 0 bridgehead atoms. The Morgan fingerprint density at radius 2 is 2.21 bits per heavy atom. The van der Waals surface area contributed by atoms with E-state index in [1.165, 1.54) is 0 Å². The van der Waals surface area contributed by atoms with Gasteiger partial charge in [-0.3, -0.25) is 9.59 Å². The molecule has 1 aromatic rings. The number of nitrogens with one attached hydrogen (secondary N) is 1. The van der Waals surface area contributed by atoms with E-state index in [-0.39, 0.29) is 29.9 Å². The third kappa shape index (κ3) is 4.36. The van der Waals surface area contributed by atoms with Crippen LogP contribution in [-0.2, 0) is 14.3 Å². The number of carbonyl (C=O) groups excluding carboxylic acids is 2. The zero-order valence-electron chi connectivity index (χ0n) is 14.2. The molecule has 2 amide bonds. The van der Waals surface area contributed by atoms with Crippen molar-refractivity contribution in [3.8, 4) is 0 Å². The van der Waals surface area contributed by atoms with Crippen molar-refractivity contribution >= 4 is 23.2 Å². The van der Waals surface area contributed by atoms with Gasteiger partial charge in [0.05, 0.1) is 13.2 Å². The standard InChI is InChI=1S/C18H26N2O3S/c1-13(19-18(22)14-5-2-3-6-14)11-17(21)20-8-9-23-15(12-20)16-7-4-10-24-16/h4,7,10,13-15H,2-3,5-6,8-9,11-12H2,1H3,(H,19,22). The number of morpholine rings is 1. The van der Waals surface area contributed by atoms with Crippen LogP contribution in [0.5, 0.6) is 0 Å². The highest BCUT2D eigenvalue weighted by atomic mass is 32.1. The van der Waals surface area contributed by atoms with E-state index in [4.69, 9.17) is 4.74 Å². The molecule has 2 unspecified atom stereocenters. The summed E-state index contributed by atoms with van der Waals surface area (Å²) >= 11 is 1.66. The van der Waals surface area contributed by atoms with Gasteiger partial charge in [0.1, 0.15) is 6.10 Å². The summed E-state index contributed by atoms with van der Waals surface area (Å²) in [7, 11) is 0. The molecule has 1 saturated carbocycles. The Morgan fingerprint density at radius 3 is 2.92 bits per heavy atom. The smallest absolute Gasteiger partial charge is 0.224 e. The summed E-state index contributed by atoms with van der Waals surface area (Å²) < 4.78 is 5.79. The molecule has 132 valence electrons. The van der Waals surface area contributed by atoms with Gasteiger partial charge in [0.2, 0.25) is 11.8 Å². The lowest BCUT2D eigenvalue weighted by Gasteiger charge is -2.33. The van der Waals surface area contributed by atoms with Crippen LogP contribution in [0.4, 0.5) is 0 Å². The van der Waals surface area contributed by atoms with Crippen LogP contribution in [0.1, 0.15) is 50.0 Å². The van der Waals surface area contributed by atoms with Crippen LogP contribution in [0, 0.1) is 5.92 Å². The van der Waals surface area contributed by atoms with Crippen LogP contribution in [0.3, 0.4) is 0 Å². The van der Waals surface area contributed by atoms with Gasteiger partial charge in [0.25, 0.3) is 0 Å². The molecule has 1 N–H and O–H groups in total. The van der Waals surface area contributed by atoms with Crippen molar-refractivity contribution in [3.63, 3.8) is 0 Å². The summed E-state index contributed by atoms with van der Waals surface area (Å²) in [6.07, 6.45) is 4.59. The maximum absolute atomic E-state index is 12.5. The van der Waals surface area contributed by atoms with Gasteiger partial charge in [-0.05, 0) is 31.2 Å². The molecule has 0 radical (unpaired) electrons. The molecular formula is C18H26N2O3S. The van der Waals surface area contributed by atoms with Gasteiger partial charge in [-0.1, -0.05) is 18.9 Å². The molecule has 5 nitrogen and oxygen atoms in total. The maximum Gasteiger partial charge on any atom is 0.224 e. The first-order chi connectivity index (χ1) is 11.6. The number of rotatable bonds is 5. The summed E-state index contributed by atoms with van der Waals surface area (Å²) in [6, 6.07) is 3.94. The maximum atomic E-state index is 12.5. The zero-order valence-corrected chi connectivity index (χ0v) is 15.0. The summed E-state index contributed by atoms with van der Waals surface area (Å²) in [4.78, 5) is 27.7. The van der Waals surface area contributed by atoms with Crippen molar-refractivity contribution in [2.75, 3.05) is 19.7 Å². The molecule has 2 heterocycles. The number of carbonyl (C=O) groups is 2. The van der Waals surface area contributed by atoms with Crippen LogP contribution >= 0.6 is 11.3 Å². The summed E-state index contributed by atoms with van der Waals surface area (Å²) in [5.41, 5.74) is 0. The topological polar surface area (TPSA) is 58.6 Å². The van der Waals surface area contributed by atoms with E-state index in [1.54, 1.807) is 11.3 Å². The molecule has 1 aromatic heterocycles. The highest BCUT2D eigenvalue weighted by molar-refractivity contribution is 7.10. The molecule has 2 fully saturated rings. The molecular weight excluding hydrogens is 324 g/mol. The number of thiophene rings is 1. The van der Waals surface area contributed by atoms with Gasteiger partial charge in [0.15, 0.2) is 0 Å². The minimum Gasteiger partial charge on any atom is -0.369 e. The molecule has 1 aliphatic heterocycles. The third-order valence-corrected chi connectivity index (χ3v) is 5.84. The van der Waals surface area contributed by atoms with Gasteiger partial charge in [0, 0.05) is 29.8 Å². The first kappa shape index (κ1) is 17.4. The molecule has 0 spiro atoms. The van der Waals surface area contributed by atoms with Crippen molar-refractivity contribution in [2.45, 2.75) is 51.2 Å². The fraction of sp³-hybridized carbons (Fsp3) is 0.667. The van der Waals surface area contributed by atoms with Crippen LogP contribution in [-0.4, -0.2) is 42.5 Å². The van der Waals surface area contributed by atoms with E-state index in [9.17, 15) is 9.59 Å². The Balaban J connectivity index is 1.47. The number of hydrogen-bond donors (Lipinski definition) is 1. The lowest BCUT2D eigenvalue weighted by Crippen LogP contribution is -2.45. The molecule has 0 aromatic carbocycles. The third-order valence-electron chi connectivity index (χ3n) is 4.88. The second-order valence-electron chi connectivity index (χ2n) is 6.81. The first-order valence-electron chi connectivity index (χ1n) is 8.86. The van der Waals surface area contributed by atoms with E-state index < -0.39 is 0 Å².